The van der Waals surface area contributed by atoms with Crippen molar-refractivity contribution in [3.8, 4) is 0 Å². The summed E-state index contributed by atoms with van der Waals surface area (Å²) in [6.45, 7) is 0.988. The van der Waals surface area contributed by atoms with Crippen LogP contribution in [0.15, 0.2) is 12.4 Å². The van der Waals surface area contributed by atoms with Crippen LogP contribution < -0.4 is 4.90 Å². The van der Waals surface area contributed by atoms with Gasteiger partial charge in [-0.1, -0.05) is 0 Å². The molecule has 0 aliphatic carbocycles. The fourth-order valence-electron chi connectivity index (χ4n) is 0.831. The molecule has 72 valence electrons. The van der Waals surface area contributed by atoms with Crippen molar-refractivity contribution in [2.75, 3.05) is 30.5 Å². The molecule has 0 atom stereocenters. The van der Waals surface area contributed by atoms with Gasteiger partial charge in [0.25, 0.3) is 0 Å². The topological polar surface area (TPSA) is 29.0 Å². The Morgan fingerprint density at radius 3 is 2.62 bits per heavy atom. The lowest BCUT2D eigenvalue weighted by atomic mass is 10.6. The Bertz CT molecular complexity index is 252. The lowest BCUT2D eigenvalue weighted by Gasteiger charge is -2.15. The minimum Gasteiger partial charge on any atom is -0.343 e. The molecule has 0 fully saturated rings. The molecule has 0 aliphatic rings. The summed E-state index contributed by atoms with van der Waals surface area (Å²) in [5, 5.41) is 0. The smallest absolute Gasteiger partial charge is 0.225 e. The average molecular weight is 309 g/mol. The van der Waals surface area contributed by atoms with Crippen LogP contribution in [0.1, 0.15) is 0 Å². The van der Waals surface area contributed by atoms with E-state index in [9.17, 15) is 0 Å². The molecule has 0 amide bonds. The van der Waals surface area contributed by atoms with Gasteiger partial charge >= 0.3 is 0 Å². The first kappa shape index (κ1) is 11.0. The lowest BCUT2D eigenvalue weighted by molar-refractivity contribution is 0.905. The van der Waals surface area contributed by atoms with E-state index >= 15 is 0 Å². The molecule has 0 saturated carbocycles. The molecule has 0 spiro atoms. The van der Waals surface area contributed by atoms with Crippen LogP contribution in [0, 0.1) is 3.57 Å². The molecule has 5 heteroatoms. The Morgan fingerprint density at radius 1 is 1.46 bits per heavy atom. The zero-order chi connectivity index (χ0) is 9.68. The van der Waals surface area contributed by atoms with Gasteiger partial charge in [0.2, 0.25) is 5.95 Å². The van der Waals surface area contributed by atoms with Gasteiger partial charge in [-0.05, 0) is 28.8 Å². The maximum atomic E-state index is 4.23. The van der Waals surface area contributed by atoms with Crippen LogP contribution >= 0.6 is 34.4 Å². The fraction of sp³-hybridized carbons (Fsp3) is 0.500. The number of rotatable bonds is 4. The zero-order valence-corrected chi connectivity index (χ0v) is 10.7. The van der Waals surface area contributed by atoms with Gasteiger partial charge in [-0.3, -0.25) is 0 Å². The van der Waals surface area contributed by atoms with Crippen molar-refractivity contribution in [3.05, 3.63) is 16.0 Å². The van der Waals surface area contributed by atoms with Crippen molar-refractivity contribution in [1.82, 2.24) is 9.97 Å². The average Bonchev–Trinajstić information content (AvgIpc) is 2.15. The Hall–Kier alpha value is -0.0400. The molecule has 0 bridgehead atoms. The number of anilines is 1. The predicted octanol–water partition coefficient (Wildman–Crippen LogP) is 1.88. The summed E-state index contributed by atoms with van der Waals surface area (Å²) >= 11 is 4.03. The molecule has 0 unspecified atom stereocenters. The number of halogens is 1. The zero-order valence-electron chi connectivity index (χ0n) is 7.70. The van der Waals surface area contributed by atoms with Crippen molar-refractivity contribution in [2.24, 2.45) is 0 Å². The summed E-state index contributed by atoms with van der Waals surface area (Å²) in [4.78, 5) is 10.5. The highest BCUT2D eigenvalue weighted by atomic mass is 127. The van der Waals surface area contributed by atoms with Crippen molar-refractivity contribution >= 4 is 40.3 Å². The van der Waals surface area contributed by atoms with Gasteiger partial charge in [0.1, 0.15) is 0 Å². The predicted molar refractivity (Wildman–Crippen MR) is 66.4 cm³/mol. The number of hydrogen-bond donors (Lipinski definition) is 0. The first-order valence-electron chi connectivity index (χ1n) is 3.91. The van der Waals surface area contributed by atoms with Crippen molar-refractivity contribution in [2.45, 2.75) is 0 Å². The van der Waals surface area contributed by atoms with Crippen LogP contribution in [0.25, 0.3) is 0 Å². The Kier molecular flexibility index (Phi) is 4.79. The second kappa shape index (κ2) is 5.64. The first-order chi connectivity index (χ1) is 6.24. The highest BCUT2D eigenvalue weighted by molar-refractivity contribution is 14.1. The molecule has 0 aliphatic heterocycles. The number of aromatic nitrogens is 2. The third kappa shape index (κ3) is 3.68. The fourth-order valence-corrected chi connectivity index (χ4v) is 1.57. The van der Waals surface area contributed by atoms with E-state index < -0.39 is 0 Å². The minimum absolute atomic E-state index is 0.800. The van der Waals surface area contributed by atoms with E-state index in [2.05, 4.69) is 43.7 Å². The summed E-state index contributed by atoms with van der Waals surface area (Å²) in [5.41, 5.74) is 0. The van der Waals surface area contributed by atoms with E-state index in [1.54, 1.807) is 0 Å². The van der Waals surface area contributed by atoms with E-state index in [4.69, 9.17) is 0 Å². The highest BCUT2D eigenvalue weighted by Gasteiger charge is 2.01. The SMILES string of the molecule is CSCCN(C)c1ncc(I)cn1. The van der Waals surface area contributed by atoms with E-state index in [1.165, 1.54) is 0 Å². The van der Waals surface area contributed by atoms with Crippen LogP contribution in [0.4, 0.5) is 5.95 Å². The summed E-state index contributed by atoms with van der Waals surface area (Å²) in [7, 11) is 2.01. The second-order valence-corrected chi connectivity index (χ2v) is 4.85. The maximum absolute atomic E-state index is 4.23. The molecule has 0 saturated heterocycles. The van der Waals surface area contributed by atoms with Gasteiger partial charge in [-0.15, -0.1) is 0 Å². The molecule has 1 aromatic heterocycles. The molecule has 0 aromatic carbocycles. The summed E-state index contributed by atoms with van der Waals surface area (Å²) in [6.07, 6.45) is 5.76. The summed E-state index contributed by atoms with van der Waals surface area (Å²) in [6, 6.07) is 0. The molecular weight excluding hydrogens is 297 g/mol. The largest absolute Gasteiger partial charge is 0.343 e. The maximum Gasteiger partial charge on any atom is 0.225 e. The second-order valence-electron chi connectivity index (χ2n) is 2.62. The number of hydrogen-bond acceptors (Lipinski definition) is 4. The summed E-state index contributed by atoms with van der Waals surface area (Å²) < 4.78 is 1.07. The van der Waals surface area contributed by atoms with Gasteiger partial charge in [-0.2, -0.15) is 11.8 Å². The molecule has 1 rings (SSSR count). The first-order valence-corrected chi connectivity index (χ1v) is 6.39. The molecule has 1 heterocycles. The van der Waals surface area contributed by atoms with Crippen molar-refractivity contribution < 1.29 is 0 Å². The summed E-state index contributed by atoms with van der Waals surface area (Å²) in [5.74, 6) is 1.90. The molecule has 3 nitrogen and oxygen atoms in total. The normalized spacial score (nSPS) is 10.1. The van der Waals surface area contributed by atoms with E-state index in [-0.39, 0.29) is 0 Å². The van der Waals surface area contributed by atoms with Gasteiger partial charge in [0.15, 0.2) is 0 Å². The number of nitrogens with zero attached hydrogens (tertiary/aromatic N) is 3. The van der Waals surface area contributed by atoms with Crippen LogP contribution in [0.2, 0.25) is 0 Å². The van der Waals surface area contributed by atoms with Gasteiger partial charge in [0, 0.05) is 35.3 Å². The quantitative estimate of drug-likeness (QED) is 0.794. The van der Waals surface area contributed by atoms with E-state index in [1.807, 2.05) is 31.2 Å². The lowest BCUT2D eigenvalue weighted by Crippen LogP contribution is -2.22. The van der Waals surface area contributed by atoms with Crippen LogP contribution in [-0.4, -0.2) is 35.6 Å². The highest BCUT2D eigenvalue weighted by Crippen LogP contribution is 2.07. The molecule has 0 radical (unpaired) electrons. The van der Waals surface area contributed by atoms with Crippen LogP contribution in [0.3, 0.4) is 0 Å². The molecule has 13 heavy (non-hydrogen) atoms. The van der Waals surface area contributed by atoms with Crippen LogP contribution in [0.5, 0.6) is 0 Å². The molecular formula is C8H12IN3S. The van der Waals surface area contributed by atoms with Gasteiger partial charge < -0.3 is 4.90 Å². The Balaban J connectivity index is 2.55. The van der Waals surface area contributed by atoms with Crippen LogP contribution in [-0.2, 0) is 0 Å². The van der Waals surface area contributed by atoms with E-state index in [0.29, 0.717) is 0 Å². The Morgan fingerprint density at radius 2 is 2.08 bits per heavy atom. The standard InChI is InChI=1S/C8H12IN3S/c1-12(3-4-13-2)8-10-5-7(9)6-11-8/h5-6H,3-4H2,1-2H3. The monoisotopic (exact) mass is 309 g/mol. The van der Waals surface area contributed by atoms with E-state index in [0.717, 1.165) is 21.8 Å². The van der Waals surface area contributed by atoms with Gasteiger partial charge in [0.05, 0.1) is 0 Å². The van der Waals surface area contributed by atoms with Crippen molar-refractivity contribution in [3.63, 3.8) is 0 Å². The van der Waals surface area contributed by atoms with Crippen molar-refractivity contribution in [1.29, 1.82) is 0 Å². The molecule has 0 N–H and O–H groups in total. The third-order valence-electron chi connectivity index (χ3n) is 1.58. The van der Waals surface area contributed by atoms with Gasteiger partial charge in [-0.25, -0.2) is 9.97 Å². The minimum atomic E-state index is 0.800. The Labute approximate surface area is 96.5 Å². The number of thioether (sulfide) groups is 1. The third-order valence-corrected chi connectivity index (χ3v) is 2.73. The molecule has 1 aromatic rings.